The van der Waals surface area contributed by atoms with Gasteiger partial charge in [0, 0.05) is 32.3 Å². The molecule has 1 aliphatic carbocycles. The predicted octanol–water partition coefficient (Wildman–Crippen LogP) is 4.05. The van der Waals surface area contributed by atoms with Crippen molar-refractivity contribution >= 4 is 17.9 Å². The van der Waals surface area contributed by atoms with Gasteiger partial charge in [-0.3, -0.25) is 0 Å². The normalized spacial score (nSPS) is 37.4. The fraction of sp³-hybridized carbons (Fsp3) is 0.588. The molecule has 0 bridgehead atoms. The second-order valence-corrected chi connectivity index (χ2v) is 5.55. The Morgan fingerprint density at radius 1 is 1.45 bits per heavy atom. The Hall–Kier alpha value is -1.20. The summed E-state index contributed by atoms with van der Waals surface area (Å²) in [5, 5.41) is 21.0. The van der Waals surface area contributed by atoms with E-state index in [2.05, 4.69) is 5.32 Å². The number of aliphatic hydroxyl groups is 1. The molecule has 2 rings (SSSR count). The Kier molecular flexibility index (Phi) is 3.12. The first-order valence-corrected chi connectivity index (χ1v) is 7.64. The van der Waals surface area contributed by atoms with Gasteiger partial charge in [0.25, 0.3) is 0 Å². The highest BCUT2D eigenvalue weighted by molar-refractivity contribution is 7.99. The second-order valence-electron chi connectivity index (χ2n) is 4.50. The molecule has 0 aliphatic heterocycles. The first-order chi connectivity index (χ1) is 14.8. The molecular weight excluding hydrogens is 298 g/mol. The zero-order valence-electron chi connectivity index (χ0n) is 22.7. The molecule has 0 aromatic heterocycles. The van der Waals surface area contributed by atoms with E-state index in [1.165, 1.54) is 18.2 Å². The summed E-state index contributed by atoms with van der Waals surface area (Å²) in [5.41, 5.74) is 0.378. The summed E-state index contributed by atoms with van der Waals surface area (Å²) in [6, 6.07) is 6.08. The summed E-state index contributed by atoms with van der Waals surface area (Å²) in [7, 11) is 0. The highest BCUT2D eigenvalue weighted by Gasteiger charge is 2.14. The van der Waals surface area contributed by atoms with Crippen LogP contribution in [-0.4, -0.2) is 28.6 Å². The van der Waals surface area contributed by atoms with Crippen molar-refractivity contribution in [2.24, 2.45) is 5.89 Å². The molecule has 0 saturated heterocycles. The molecule has 0 heterocycles. The van der Waals surface area contributed by atoms with Crippen molar-refractivity contribution < 1.29 is 30.1 Å². The number of hydrogen-bond donors (Lipinski definition) is 3. The molecule has 1 atom stereocenters. The lowest BCUT2D eigenvalue weighted by atomic mass is 9.91. The van der Waals surface area contributed by atoms with E-state index in [9.17, 15) is 9.90 Å². The molecular formula is C17H25NO3S. The molecule has 1 fully saturated rings. The van der Waals surface area contributed by atoms with E-state index >= 15 is 0 Å². The summed E-state index contributed by atoms with van der Waals surface area (Å²) in [6.07, 6.45) is -19.7. The maximum Gasteiger partial charge on any atom is 0.404 e. The van der Waals surface area contributed by atoms with E-state index in [0.717, 1.165) is 11.8 Å². The fourth-order valence-electron chi connectivity index (χ4n) is 1.80. The lowest BCUT2D eigenvalue weighted by Gasteiger charge is -2.21. The Labute approximate surface area is 151 Å². The average Bonchev–Trinajstić information content (AvgIpc) is 2.70. The maximum atomic E-state index is 10.5. The van der Waals surface area contributed by atoms with Gasteiger partial charge >= 0.3 is 6.09 Å². The zero-order chi connectivity index (χ0) is 25.7. The zero-order valence-corrected chi connectivity index (χ0v) is 12.5. The third-order valence-electron chi connectivity index (χ3n) is 2.87. The highest BCUT2D eigenvalue weighted by Crippen LogP contribution is 2.31. The summed E-state index contributed by atoms with van der Waals surface area (Å²) < 4.78 is 89.1. The lowest BCUT2D eigenvalue weighted by Crippen LogP contribution is -2.23. The van der Waals surface area contributed by atoms with E-state index < -0.39 is 55.7 Å². The standard InChI is InChI=1S/C17H25NO3S/c19-16(9-10-18-17(20)21)14-7-4-8-15(11-14)22-12-13-5-2-1-3-6-13/h4,7-8,11,13,16,18-19H,1-3,5-6,9-10,12H2,(H,20,21)/i1D2,2D2,3D2,5D2,6D2,13D. The van der Waals surface area contributed by atoms with Crippen molar-refractivity contribution in [1.29, 1.82) is 0 Å². The molecule has 22 heavy (non-hydrogen) atoms. The van der Waals surface area contributed by atoms with Crippen LogP contribution in [0.5, 0.6) is 0 Å². The quantitative estimate of drug-likeness (QED) is 0.658. The Balaban J connectivity index is 2.34. The van der Waals surface area contributed by atoms with E-state index in [1.807, 2.05) is 0 Å². The lowest BCUT2D eigenvalue weighted by molar-refractivity contribution is 0.162. The van der Waals surface area contributed by atoms with E-state index in [1.54, 1.807) is 6.07 Å². The van der Waals surface area contributed by atoms with Gasteiger partial charge in [-0.25, -0.2) is 4.79 Å². The van der Waals surface area contributed by atoms with Gasteiger partial charge in [0.15, 0.2) is 0 Å². The first-order valence-electron chi connectivity index (χ1n) is 12.2. The molecule has 0 radical (unpaired) electrons. The average molecular weight is 335 g/mol. The molecule has 5 heteroatoms. The molecule has 1 aliphatic rings. The molecule has 122 valence electrons. The van der Waals surface area contributed by atoms with Crippen LogP contribution in [0.1, 0.15) is 65.0 Å². The Morgan fingerprint density at radius 3 is 2.95 bits per heavy atom. The minimum atomic E-state index is -3.56. The molecule has 4 nitrogen and oxygen atoms in total. The molecule has 1 amide bonds. The molecule has 1 aromatic rings. The van der Waals surface area contributed by atoms with Crippen molar-refractivity contribution in [2.45, 2.75) is 49.3 Å². The summed E-state index contributed by atoms with van der Waals surface area (Å²) in [6.45, 7) is -0.0176. The number of amides is 1. The summed E-state index contributed by atoms with van der Waals surface area (Å²) in [5.74, 6) is -3.77. The van der Waals surface area contributed by atoms with Gasteiger partial charge in [0.2, 0.25) is 0 Å². The monoisotopic (exact) mass is 334 g/mol. The van der Waals surface area contributed by atoms with Crippen molar-refractivity contribution in [3.63, 3.8) is 0 Å². The van der Waals surface area contributed by atoms with Gasteiger partial charge in [0.05, 0.1) is 6.10 Å². The summed E-state index contributed by atoms with van der Waals surface area (Å²) >= 11 is 0.748. The van der Waals surface area contributed by atoms with Gasteiger partial charge in [-0.1, -0.05) is 31.3 Å². The smallest absolute Gasteiger partial charge is 0.404 e. The van der Waals surface area contributed by atoms with Crippen LogP contribution in [-0.2, 0) is 0 Å². The molecule has 1 unspecified atom stereocenters. The number of benzene rings is 1. The number of thioether (sulfide) groups is 1. The van der Waals surface area contributed by atoms with Gasteiger partial charge in [-0.05, 0) is 42.8 Å². The van der Waals surface area contributed by atoms with Crippen molar-refractivity contribution in [1.82, 2.24) is 5.32 Å². The minimum Gasteiger partial charge on any atom is -0.465 e. The molecule has 1 aromatic carbocycles. The third kappa shape index (κ3) is 5.89. The van der Waals surface area contributed by atoms with Crippen LogP contribution in [0.15, 0.2) is 29.2 Å². The number of nitrogens with one attached hydrogen (secondary N) is 1. The molecule has 1 saturated carbocycles. The molecule has 0 spiro atoms. The number of hydrogen-bond acceptors (Lipinski definition) is 3. The third-order valence-corrected chi connectivity index (χ3v) is 3.89. The Bertz CT molecular complexity index is 867. The SMILES string of the molecule is [2H]C1([2H])C([2H])([2H])C([2H])([2H])C([2H])(CSc2cccc(C(O)CCNC(=O)O)c2)C([2H])([2H])C1([2H])[2H]. The van der Waals surface area contributed by atoms with Crippen LogP contribution in [0.4, 0.5) is 4.79 Å². The first kappa shape index (κ1) is 7.58. The van der Waals surface area contributed by atoms with Gasteiger partial charge < -0.3 is 15.5 Å². The van der Waals surface area contributed by atoms with Crippen molar-refractivity contribution in [3.05, 3.63) is 29.8 Å². The van der Waals surface area contributed by atoms with Gasteiger partial charge in [-0.2, -0.15) is 0 Å². The topological polar surface area (TPSA) is 69.6 Å². The van der Waals surface area contributed by atoms with Crippen LogP contribution in [0.3, 0.4) is 0 Å². The number of rotatable bonds is 7. The minimum absolute atomic E-state index is 0.0176. The van der Waals surface area contributed by atoms with Gasteiger partial charge in [0.1, 0.15) is 0 Å². The van der Waals surface area contributed by atoms with Crippen LogP contribution in [0, 0.1) is 5.89 Å². The Morgan fingerprint density at radius 2 is 2.23 bits per heavy atom. The summed E-state index contributed by atoms with van der Waals surface area (Å²) in [4.78, 5) is 10.9. The van der Waals surface area contributed by atoms with E-state index in [4.69, 9.17) is 20.2 Å². The van der Waals surface area contributed by atoms with Crippen molar-refractivity contribution in [3.8, 4) is 0 Å². The van der Waals surface area contributed by atoms with Crippen LogP contribution < -0.4 is 5.32 Å². The number of aliphatic hydroxyl groups excluding tert-OH is 1. The number of carbonyl (C=O) groups is 1. The van der Waals surface area contributed by atoms with E-state index in [0.29, 0.717) is 10.5 Å². The highest BCUT2D eigenvalue weighted by atomic mass is 32.2. The maximum absolute atomic E-state index is 10.5. The largest absolute Gasteiger partial charge is 0.465 e. The number of carboxylic acid groups (broad SMARTS) is 1. The van der Waals surface area contributed by atoms with Crippen LogP contribution >= 0.6 is 11.8 Å². The van der Waals surface area contributed by atoms with Crippen molar-refractivity contribution in [2.75, 3.05) is 12.3 Å². The van der Waals surface area contributed by atoms with Gasteiger partial charge in [-0.15, -0.1) is 11.8 Å². The van der Waals surface area contributed by atoms with Crippen LogP contribution in [0.2, 0.25) is 0 Å². The predicted molar refractivity (Wildman–Crippen MR) is 89.3 cm³/mol. The van der Waals surface area contributed by atoms with Crippen LogP contribution in [0.25, 0.3) is 0 Å². The second kappa shape index (κ2) is 9.06. The molecule has 3 N–H and O–H groups in total. The van der Waals surface area contributed by atoms with E-state index in [-0.39, 0.29) is 13.0 Å². The fourth-order valence-corrected chi connectivity index (χ4v) is 2.65.